The van der Waals surface area contributed by atoms with Crippen molar-refractivity contribution in [1.82, 2.24) is 20.2 Å². The summed E-state index contributed by atoms with van der Waals surface area (Å²) in [5.74, 6) is -0.365. The molecule has 0 unspecified atom stereocenters. The third-order valence-electron chi connectivity index (χ3n) is 5.27. The third kappa shape index (κ3) is 3.85. The standard InChI is InChI=1S/C24H23N5O2/c1-15-14-25-21(16(15)2)23(30)27-26-22(18-10-6-4-7-11-18)20-17(3)28-29(24(20)31)19-12-8-5-9-13-19/h4-14,25,28H,1-3H3,(H,27,30)/b26-22+. The molecule has 2 aromatic carbocycles. The van der Waals surface area contributed by atoms with Gasteiger partial charge < -0.3 is 4.98 Å². The van der Waals surface area contributed by atoms with E-state index < -0.39 is 0 Å². The Morgan fingerprint density at radius 1 is 0.968 bits per heavy atom. The largest absolute Gasteiger partial charge is 0.357 e. The number of para-hydroxylation sites is 1. The molecule has 0 saturated heterocycles. The number of carbonyl (C=O) groups is 1. The predicted octanol–water partition coefficient (Wildman–Crippen LogP) is 3.60. The molecule has 156 valence electrons. The molecule has 0 fully saturated rings. The highest BCUT2D eigenvalue weighted by molar-refractivity contribution is 6.13. The summed E-state index contributed by atoms with van der Waals surface area (Å²) in [5, 5.41) is 7.50. The van der Waals surface area contributed by atoms with Crippen LogP contribution >= 0.6 is 0 Å². The van der Waals surface area contributed by atoms with Crippen molar-refractivity contribution in [2.45, 2.75) is 20.8 Å². The summed E-state index contributed by atoms with van der Waals surface area (Å²) in [6.45, 7) is 5.61. The summed E-state index contributed by atoms with van der Waals surface area (Å²) in [4.78, 5) is 29.0. The minimum absolute atomic E-state index is 0.243. The van der Waals surface area contributed by atoms with Crippen LogP contribution in [0.5, 0.6) is 0 Å². The van der Waals surface area contributed by atoms with Crippen LogP contribution in [0.2, 0.25) is 0 Å². The maximum Gasteiger partial charge on any atom is 0.288 e. The van der Waals surface area contributed by atoms with Crippen molar-refractivity contribution in [3.05, 3.63) is 111 Å². The van der Waals surface area contributed by atoms with E-state index in [1.54, 1.807) is 6.20 Å². The Labute approximate surface area is 179 Å². The first-order valence-electron chi connectivity index (χ1n) is 9.92. The second kappa shape index (κ2) is 8.31. The predicted molar refractivity (Wildman–Crippen MR) is 121 cm³/mol. The van der Waals surface area contributed by atoms with Gasteiger partial charge in [-0.1, -0.05) is 48.5 Å². The molecule has 0 saturated carbocycles. The Balaban J connectivity index is 1.79. The molecule has 3 N–H and O–H groups in total. The first kappa shape index (κ1) is 20.2. The molecular formula is C24H23N5O2. The van der Waals surface area contributed by atoms with Crippen molar-refractivity contribution < 1.29 is 4.79 Å². The van der Waals surface area contributed by atoms with Gasteiger partial charge in [0.25, 0.3) is 11.5 Å². The maximum absolute atomic E-state index is 13.3. The number of benzene rings is 2. The van der Waals surface area contributed by atoms with Gasteiger partial charge in [0.15, 0.2) is 0 Å². The molecule has 0 spiro atoms. The SMILES string of the molecule is Cc1c[nH]c(C(=O)N/N=C(\c2ccccc2)c2c(C)[nH]n(-c3ccccc3)c2=O)c1C. The summed E-state index contributed by atoms with van der Waals surface area (Å²) in [6, 6.07) is 18.6. The number of aromatic amines is 2. The van der Waals surface area contributed by atoms with Gasteiger partial charge in [0.1, 0.15) is 11.4 Å². The number of hydrogen-bond acceptors (Lipinski definition) is 3. The van der Waals surface area contributed by atoms with Gasteiger partial charge in [-0.05, 0) is 44.0 Å². The first-order valence-corrected chi connectivity index (χ1v) is 9.92. The minimum atomic E-state index is -0.365. The van der Waals surface area contributed by atoms with Crippen LogP contribution in [0, 0.1) is 20.8 Å². The molecule has 0 atom stereocenters. The highest BCUT2D eigenvalue weighted by atomic mass is 16.2. The van der Waals surface area contributed by atoms with E-state index >= 15 is 0 Å². The summed E-state index contributed by atoms with van der Waals surface area (Å²) in [6.07, 6.45) is 1.78. The molecule has 0 aliphatic heterocycles. The Hall–Kier alpha value is -4.13. The number of nitrogens with zero attached hydrogens (tertiary/aromatic N) is 2. The van der Waals surface area contributed by atoms with Crippen molar-refractivity contribution in [1.29, 1.82) is 0 Å². The molecule has 0 aliphatic rings. The van der Waals surface area contributed by atoms with E-state index in [1.165, 1.54) is 4.68 Å². The fourth-order valence-electron chi connectivity index (χ4n) is 3.44. The summed E-state index contributed by atoms with van der Waals surface area (Å²) < 4.78 is 1.48. The van der Waals surface area contributed by atoms with Crippen LogP contribution in [0.3, 0.4) is 0 Å². The first-order chi connectivity index (χ1) is 15.0. The molecule has 0 aliphatic carbocycles. The van der Waals surface area contributed by atoms with Gasteiger partial charge in [0.05, 0.1) is 11.3 Å². The lowest BCUT2D eigenvalue weighted by Gasteiger charge is -2.07. The average molecular weight is 413 g/mol. The van der Waals surface area contributed by atoms with Crippen LogP contribution in [0.15, 0.2) is 76.8 Å². The van der Waals surface area contributed by atoms with Crippen LogP contribution in [-0.2, 0) is 0 Å². The fraction of sp³-hybridized carbons (Fsp3) is 0.125. The van der Waals surface area contributed by atoms with Gasteiger partial charge in [0.2, 0.25) is 0 Å². The van der Waals surface area contributed by atoms with E-state index in [1.807, 2.05) is 81.4 Å². The molecular weight excluding hydrogens is 390 g/mol. The van der Waals surface area contributed by atoms with Crippen molar-refractivity contribution >= 4 is 11.6 Å². The van der Waals surface area contributed by atoms with Crippen molar-refractivity contribution in [2.75, 3.05) is 0 Å². The monoisotopic (exact) mass is 413 g/mol. The second-order valence-corrected chi connectivity index (χ2v) is 7.33. The van der Waals surface area contributed by atoms with Gasteiger partial charge in [-0.25, -0.2) is 10.1 Å². The highest BCUT2D eigenvalue weighted by Crippen LogP contribution is 2.14. The summed E-state index contributed by atoms with van der Waals surface area (Å²) >= 11 is 0. The van der Waals surface area contributed by atoms with Gasteiger partial charge in [-0.15, -0.1) is 0 Å². The molecule has 4 rings (SSSR count). The number of carbonyl (C=O) groups excluding carboxylic acids is 1. The zero-order valence-corrected chi connectivity index (χ0v) is 17.6. The zero-order chi connectivity index (χ0) is 22.0. The Morgan fingerprint density at radius 3 is 2.23 bits per heavy atom. The van der Waals surface area contributed by atoms with E-state index in [0.717, 1.165) is 22.4 Å². The van der Waals surface area contributed by atoms with Gasteiger partial charge in [-0.2, -0.15) is 5.10 Å². The number of aromatic nitrogens is 3. The Kier molecular flexibility index (Phi) is 5.41. The minimum Gasteiger partial charge on any atom is -0.357 e. The maximum atomic E-state index is 13.3. The highest BCUT2D eigenvalue weighted by Gasteiger charge is 2.20. The molecule has 0 radical (unpaired) electrons. The summed E-state index contributed by atoms with van der Waals surface area (Å²) in [7, 11) is 0. The average Bonchev–Trinajstić information content (AvgIpc) is 3.28. The number of amides is 1. The normalized spacial score (nSPS) is 11.5. The molecule has 31 heavy (non-hydrogen) atoms. The Bertz CT molecular complexity index is 1310. The second-order valence-electron chi connectivity index (χ2n) is 7.33. The topological polar surface area (TPSA) is 95.0 Å². The van der Waals surface area contributed by atoms with E-state index in [9.17, 15) is 9.59 Å². The lowest BCUT2D eigenvalue weighted by Crippen LogP contribution is -2.25. The lowest BCUT2D eigenvalue weighted by molar-refractivity contribution is 0.0950. The van der Waals surface area contributed by atoms with Crippen LogP contribution in [0.1, 0.15) is 38.4 Å². The fourth-order valence-corrected chi connectivity index (χ4v) is 3.44. The zero-order valence-electron chi connectivity index (χ0n) is 17.6. The molecule has 7 heteroatoms. The molecule has 2 aromatic heterocycles. The number of rotatable bonds is 5. The smallest absolute Gasteiger partial charge is 0.288 e. The molecule has 0 bridgehead atoms. The number of hydrazone groups is 1. The van der Waals surface area contributed by atoms with Crippen LogP contribution in [0.4, 0.5) is 0 Å². The molecule has 4 aromatic rings. The quantitative estimate of drug-likeness (QED) is 0.344. The van der Waals surface area contributed by atoms with Crippen LogP contribution in [-0.4, -0.2) is 26.4 Å². The van der Waals surface area contributed by atoms with Gasteiger partial charge in [-0.3, -0.25) is 14.7 Å². The van der Waals surface area contributed by atoms with E-state index in [0.29, 0.717) is 22.7 Å². The van der Waals surface area contributed by atoms with Crippen molar-refractivity contribution in [2.24, 2.45) is 5.10 Å². The number of hydrogen-bond donors (Lipinski definition) is 3. The molecule has 1 amide bonds. The Morgan fingerprint density at radius 2 is 1.61 bits per heavy atom. The lowest BCUT2D eigenvalue weighted by atomic mass is 10.0. The van der Waals surface area contributed by atoms with E-state index in [-0.39, 0.29) is 11.5 Å². The van der Waals surface area contributed by atoms with Crippen molar-refractivity contribution in [3.63, 3.8) is 0 Å². The van der Waals surface area contributed by atoms with Gasteiger partial charge in [0, 0.05) is 17.5 Å². The van der Waals surface area contributed by atoms with Crippen molar-refractivity contribution in [3.8, 4) is 5.69 Å². The molecule has 2 heterocycles. The molecule has 7 nitrogen and oxygen atoms in total. The van der Waals surface area contributed by atoms with E-state index in [4.69, 9.17) is 0 Å². The van der Waals surface area contributed by atoms with Crippen LogP contribution < -0.4 is 11.0 Å². The third-order valence-corrected chi connectivity index (χ3v) is 5.27. The number of H-pyrrole nitrogens is 2. The number of aryl methyl sites for hydroxylation is 2. The van der Waals surface area contributed by atoms with Crippen LogP contribution in [0.25, 0.3) is 5.69 Å². The van der Waals surface area contributed by atoms with Gasteiger partial charge >= 0.3 is 0 Å². The number of nitrogens with one attached hydrogen (secondary N) is 3. The van der Waals surface area contributed by atoms with E-state index in [2.05, 4.69) is 20.6 Å². The summed E-state index contributed by atoms with van der Waals surface area (Å²) in [5.41, 5.74) is 7.54.